The number of esters is 1. The molecule has 0 aromatic heterocycles. The number of nitrogens with zero attached hydrogens (tertiary/aromatic N) is 1. The van der Waals surface area contributed by atoms with Crippen molar-refractivity contribution in [3.05, 3.63) is 0 Å². The fourth-order valence-electron chi connectivity index (χ4n) is 3.45. The summed E-state index contributed by atoms with van der Waals surface area (Å²) in [7, 11) is 0. The van der Waals surface area contributed by atoms with Gasteiger partial charge in [-0.2, -0.15) is 0 Å². The van der Waals surface area contributed by atoms with Crippen LogP contribution in [0.2, 0.25) is 0 Å². The normalized spacial score (nSPS) is 25.8. The molecule has 1 aliphatic heterocycles. The van der Waals surface area contributed by atoms with Gasteiger partial charge in [-0.25, -0.2) is 0 Å². The summed E-state index contributed by atoms with van der Waals surface area (Å²) in [6.07, 6.45) is 5.51. The summed E-state index contributed by atoms with van der Waals surface area (Å²) in [6, 6.07) is -0.536. The first-order chi connectivity index (χ1) is 9.20. The van der Waals surface area contributed by atoms with Crippen LogP contribution in [-0.2, 0) is 14.3 Å². The predicted molar refractivity (Wildman–Crippen MR) is 72.8 cm³/mol. The molecule has 1 atom stereocenters. The largest absolute Gasteiger partial charge is 0.465 e. The van der Waals surface area contributed by atoms with E-state index in [1.165, 1.54) is 6.42 Å². The highest BCUT2D eigenvalue weighted by Crippen LogP contribution is 2.36. The van der Waals surface area contributed by atoms with Crippen LogP contribution in [0.5, 0.6) is 0 Å². The third-order valence-electron chi connectivity index (χ3n) is 4.48. The minimum Gasteiger partial charge on any atom is -0.465 e. The number of rotatable bonds is 4. The number of nitrogens with two attached hydrogens (primary N) is 1. The van der Waals surface area contributed by atoms with Crippen molar-refractivity contribution >= 4 is 5.97 Å². The fraction of sp³-hybridized carbons (Fsp3) is 0.929. The maximum absolute atomic E-state index is 12.1. The van der Waals surface area contributed by atoms with E-state index in [9.17, 15) is 4.79 Å². The number of hydrogen-bond acceptors (Lipinski definition) is 5. The van der Waals surface area contributed by atoms with Crippen molar-refractivity contribution in [3.8, 4) is 0 Å². The van der Waals surface area contributed by atoms with Crippen molar-refractivity contribution in [2.24, 2.45) is 5.73 Å². The average molecular weight is 270 g/mol. The van der Waals surface area contributed by atoms with Gasteiger partial charge >= 0.3 is 5.97 Å². The molecule has 110 valence electrons. The van der Waals surface area contributed by atoms with Crippen LogP contribution in [0.3, 0.4) is 0 Å². The lowest BCUT2D eigenvalue weighted by Gasteiger charge is -2.50. The van der Waals surface area contributed by atoms with Crippen LogP contribution < -0.4 is 5.73 Å². The molecule has 2 N–H and O–H groups in total. The summed E-state index contributed by atoms with van der Waals surface area (Å²) in [5.41, 5.74) is 6.07. The van der Waals surface area contributed by atoms with Gasteiger partial charge in [0.05, 0.1) is 19.8 Å². The lowest BCUT2D eigenvalue weighted by molar-refractivity contribution is -0.152. The maximum Gasteiger partial charge on any atom is 0.324 e. The molecule has 0 aromatic rings. The zero-order valence-corrected chi connectivity index (χ0v) is 11.9. The van der Waals surface area contributed by atoms with Crippen molar-refractivity contribution in [3.63, 3.8) is 0 Å². The maximum atomic E-state index is 12.1. The molecule has 1 saturated carbocycles. The van der Waals surface area contributed by atoms with Gasteiger partial charge in [0.1, 0.15) is 6.04 Å². The number of ether oxygens (including phenoxy) is 2. The van der Waals surface area contributed by atoms with Crippen LogP contribution in [0.1, 0.15) is 39.0 Å². The van der Waals surface area contributed by atoms with Crippen molar-refractivity contribution in [2.45, 2.75) is 50.6 Å². The van der Waals surface area contributed by atoms with Gasteiger partial charge in [0, 0.05) is 18.6 Å². The van der Waals surface area contributed by atoms with Crippen LogP contribution in [0, 0.1) is 0 Å². The highest BCUT2D eigenvalue weighted by Gasteiger charge is 2.47. The second-order valence-corrected chi connectivity index (χ2v) is 5.49. The Morgan fingerprint density at radius 1 is 1.32 bits per heavy atom. The molecule has 2 aliphatic rings. The standard InChI is InChI=1S/C14H26N2O3/c1-2-19-13(17)12(15)14(6-4-3-5-7-14)16-8-10-18-11-9-16/h12H,2-11,15H2,1H3/t12-/m1/s1. The van der Waals surface area contributed by atoms with Crippen LogP contribution >= 0.6 is 0 Å². The fourth-order valence-corrected chi connectivity index (χ4v) is 3.45. The first kappa shape index (κ1) is 14.8. The van der Waals surface area contributed by atoms with E-state index in [0.29, 0.717) is 6.61 Å². The monoisotopic (exact) mass is 270 g/mol. The molecular formula is C14H26N2O3. The molecule has 5 nitrogen and oxygen atoms in total. The molecule has 1 saturated heterocycles. The Bertz CT molecular complexity index is 297. The lowest BCUT2D eigenvalue weighted by Crippen LogP contribution is -2.66. The Kier molecular flexibility index (Phi) is 5.19. The Labute approximate surface area is 115 Å². The summed E-state index contributed by atoms with van der Waals surface area (Å²) < 4.78 is 10.6. The molecule has 2 fully saturated rings. The van der Waals surface area contributed by atoms with E-state index in [-0.39, 0.29) is 11.5 Å². The van der Waals surface area contributed by atoms with E-state index < -0.39 is 6.04 Å². The van der Waals surface area contributed by atoms with E-state index in [1.807, 2.05) is 6.92 Å². The molecule has 0 unspecified atom stereocenters. The molecule has 1 aliphatic carbocycles. The Balaban J connectivity index is 2.15. The third kappa shape index (κ3) is 3.09. The molecule has 0 bridgehead atoms. The van der Waals surface area contributed by atoms with E-state index in [1.54, 1.807) is 0 Å². The van der Waals surface area contributed by atoms with Crippen molar-refractivity contribution < 1.29 is 14.3 Å². The second-order valence-electron chi connectivity index (χ2n) is 5.49. The highest BCUT2D eigenvalue weighted by molar-refractivity contribution is 5.77. The predicted octanol–water partition coefficient (Wildman–Crippen LogP) is 0.912. The van der Waals surface area contributed by atoms with Crippen LogP contribution in [0.25, 0.3) is 0 Å². The third-order valence-corrected chi connectivity index (χ3v) is 4.48. The highest BCUT2D eigenvalue weighted by atomic mass is 16.5. The molecule has 2 rings (SSSR count). The number of morpholine rings is 1. The van der Waals surface area contributed by atoms with Gasteiger partial charge in [-0.3, -0.25) is 9.69 Å². The molecule has 1 heterocycles. The zero-order valence-electron chi connectivity index (χ0n) is 11.9. The summed E-state index contributed by atoms with van der Waals surface area (Å²) in [6.45, 7) is 5.42. The Hall–Kier alpha value is -0.650. The van der Waals surface area contributed by atoms with E-state index >= 15 is 0 Å². The van der Waals surface area contributed by atoms with Crippen LogP contribution in [0.4, 0.5) is 0 Å². The molecule has 19 heavy (non-hydrogen) atoms. The molecule has 0 radical (unpaired) electrons. The molecule has 0 aromatic carbocycles. The van der Waals surface area contributed by atoms with Gasteiger partial charge in [-0.1, -0.05) is 19.3 Å². The van der Waals surface area contributed by atoms with Gasteiger partial charge in [0.2, 0.25) is 0 Å². The summed E-state index contributed by atoms with van der Waals surface area (Å²) in [5, 5.41) is 0. The molecule has 5 heteroatoms. The minimum atomic E-state index is -0.536. The number of carbonyl (C=O) groups excluding carboxylic acids is 1. The van der Waals surface area contributed by atoms with E-state index in [4.69, 9.17) is 15.2 Å². The molecule has 0 spiro atoms. The Morgan fingerprint density at radius 3 is 2.53 bits per heavy atom. The van der Waals surface area contributed by atoms with E-state index in [2.05, 4.69) is 4.90 Å². The van der Waals surface area contributed by atoms with Crippen molar-refractivity contribution in [1.82, 2.24) is 4.90 Å². The number of hydrogen-bond donors (Lipinski definition) is 1. The SMILES string of the molecule is CCOC(=O)[C@@H](N)C1(N2CCOCC2)CCCCC1. The minimum absolute atomic E-state index is 0.214. The van der Waals surface area contributed by atoms with Gasteiger partial charge in [-0.15, -0.1) is 0 Å². The van der Waals surface area contributed by atoms with E-state index in [0.717, 1.165) is 52.0 Å². The van der Waals surface area contributed by atoms with Crippen LogP contribution in [0.15, 0.2) is 0 Å². The molecular weight excluding hydrogens is 244 g/mol. The zero-order chi connectivity index (χ0) is 13.7. The second kappa shape index (κ2) is 6.68. The van der Waals surface area contributed by atoms with Crippen LogP contribution in [-0.4, -0.2) is 55.4 Å². The lowest BCUT2D eigenvalue weighted by atomic mass is 9.75. The first-order valence-electron chi connectivity index (χ1n) is 7.46. The quantitative estimate of drug-likeness (QED) is 0.769. The first-order valence-corrected chi connectivity index (χ1v) is 7.46. The van der Waals surface area contributed by atoms with Crippen molar-refractivity contribution in [1.29, 1.82) is 0 Å². The smallest absolute Gasteiger partial charge is 0.324 e. The Morgan fingerprint density at radius 2 is 1.95 bits per heavy atom. The van der Waals surface area contributed by atoms with Gasteiger partial charge in [-0.05, 0) is 19.8 Å². The van der Waals surface area contributed by atoms with Gasteiger partial charge in [0.25, 0.3) is 0 Å². The topological polar surface area (TPSA) is 64.8 Å². The average Bonchev–Trinajstić information content (AvgIpc) is 2.48. The van der Waals surface area contributed by atoms with Crippen molar-refractivity contribution in [2.75, 3.05) is 32.9 Å². The molecule has 0 amide bonds. The van der Waals surface area contributed by atoms with Gasteiger partial charge in [0.15, 0.2) is 0 Å². The summed E-state index contributed by atoms with van der Waals surface area (Å²) >= 11 is 0. The summed E-state index contributed by atoms with van der Waals surface area (Å²) in [4.78, 5) is 14.5. The summed E-state index contributed by atoms with van der Waals surface area (Å²) in [5.74, 6) is -0.254. The number of carbonyl (C=O) groups is 1. The van der Waals surface area contributed by atoms with Gasteiger partial charge < -0.3 is 15.2 Å².